The second-order valence-corrected chi connectivity index (χ2v) is 6.44. The molecular formula is C18H20BrNO. The van der Waals surface area contributed by atoms with E-state index in [1.165, 1.54) is 11.1 Å². The molecule has 2 atom stereocenters. The van der Waals surface area contributed by atoms with E-state index in [4.69, 9.17) is 4.74 Å². The first kappa shape index (κ1) is 14.6. The van der Waals surface area contributed by atoms with Crippen LogP contribution in [-0.4, -0.2) is 6.61 Å². The van der Waals surface area contributed by atoms with Crippen molar-refractivity contribution in [2.75, 3.05) is 6.61 Å². The highest BCUT2D eigenvalue weighted by molar-refractivity contribution is 9.10. The second-order valence-electron chi connectivity index (χ2n) is 5.52. The summed E-state index contributed by atoms with van der Waals surface area (Å²) in [6, 6.07) is 17.6. The van der Waals surface area contributed by atoms with Gasteiger partial charge < -0.3 is 10.1 Å². The molecule has 3 rings (SSSR count). The van der Waals surface area contributed by atoms with Gasteiger partial charge in [0.15, 0.2) is 0 Å². The van der Waals surface area contributed by atoms with Crippen LogP contribution in [0.5, 0.6) is 5.75 Å². The van der Waals surface area contributed by atoms with Gasteiger partial charge in [0.05, 0.1) is 6.61 Å². The molecule has 0 saturated carbocycles. The summed E-state index contributed by atoms with van der Waals surface area (Å²) in [5.41, 5.74) is 2.58. The predicted molar refractivity (Wildman–Crippen MR) is 89.6 cm³/mol. The van der Waals surface area contributed by atoms with Crippen molar-refractivity contribution in [2.45, 2.75) is 31.8 Å². The molecule has 3 heteroatoms. The monoisotopic (exact) mass is 345 g/mol. The topological polar surface area (TPSA) is 21.3 Å². The van der Waals surface area contributed by atoms with Crippen molar-refractivity contribution in [2.24, 2.45) is 0 Å². The number of nitrogens with one attached hydrogen (secondary N) is 1. The van der Waals surface area contributed by atoms with Crippen molar-refractivity contribution in [3.63, 3.8) is 0 Å². The molecule has 1 aliphatic rings. The van der Waals surface area contributed by atoms with Crippen molar-refractivity contribution in [3.8, 4) is 5.75 Å². The zero-order chi connectivity index (χ0) is 14.7. The Morgan fingerprint density at radius 3 is 2.81 bits per heavy atom. The smallest absolute Gasteiger partial charge is 0.125 e. The van der Waals surface area contributed by atoms with Crippen LogP contribution in [0.1, 0.15) is 43.0 Å². The largest absolute Gasteiger partial charge is 0.493 e. The fraction of sp³-hybridized carbons (Fsp3) is 0.333. The van der Waals surface area contributed by atoms with E-state index in [2.05, 4.69) is 76.7 Å². The third-order valence-electron chi connectivity index (χ3n) is 4.00. The first-order valence-electron chi connectivity index (χ1n) is 7.47. The van der Waals surface area contributed by atoms with Crippen LogP contribution >= 0.6 is 15.9 Å². The number of fused-ring (bicyclic) bond motifs is 1. The van der Waals surface area contributed by atoms with E-state index in [0.717, 1.165) is 29.7 Å². The average Bonchev–Trinajstić information content (AvgIpc) is 2.70. The molecule has 1 N–H and O–H groups in total. The van der Waals surface area contributed by atoms with Crippen LogP contribution in [0.2, 0.25) is 0 Å². The van der Waals surface area contributed by atoms with Crippen LogP contribution < -0.4 is 10.1 Å². The molecule has 0 spiro atoms. The third-order valence-corrected chi connectivity index (χ3v) is 4.49. The Morgan fingerprint density at radius 2 is 2.00 bits per heavy atom. The Labute approximate surface area is 134 Å². The normalized spacial score (nSPS) is 19.2. The second kappa shape index (κ2) is 6.63. The molecule has 2 aromatic rings. The van der Waals surface area contributed by atoms with Gasteiger partial charge in [0.2, 0.25) is 0 Å². The van der Waals surface area contributed by atoms with Gasteiger partial charge in [0.1, 0.15) is 5.75 Å². The van der Waals surface area contributed by atoms with Gasteiger partial charge in [-0.1, -0.05) is 52.3 Å². The van der Waals surface area contributed by atoms with Crippen molar-refractivity contribution in [3.05, 3.63) is 64.1 Å². The Morgan fingerprint density at radius 1 is 1.19 bits per heavy atom. The zero-order valence-corrected chi connectivity index (χ0v) is 13.8. The van der Waals surface area contributed by atoms with Crippen LogP contribution in [0.3, 0.4) is 0 Å². The molecule has 0 amide bonds. The molecule has 21 heavy (non-hydrogen) atoms. The molecular weight excluding hydrogens is 326 g/mol. The lowest BCUT2D eigenvalue weighted by Gasteiger charge is -2.23. The minimum atomic E-state index is 0.325. The van der Waals surface area contributed by atoms with Crippen molar-refractivity contribution >= 4 is 15.9 Å². The van der Waals surface area contributed by atoms with E-state index in [0.29, 0.717) is 12.1 Å². The summed E-state index contributed by atoms with van der Waals surface area (Å²) in [5, 5.41) is 3.76. The molecule has 2 aromatic carbocycles. The number of hydrogen-bond acceptors (Lipinski definition) is 2. The van der Waals surface area contributed by atoms with Crippen LogP contribution in [0.15, 0.2) is 53.0 Å². The molecule has 0 radical (unpaired) electrons. The van der Waals surface area contributed by atoms with E-state index < -0.39 is 0 Å². The number of ether oxygens (including phenoxy) is 1. The molecule has 110 valence electrons. The average molecular weight is 346 g/mol. The molecule has 1 unspecified atom stereocenters. The van der Waals surface area contributed by atoms with Crippen molar-refractivity contribution in [1.29, 1.82) is 0 Å². The van der Waals surface area contributed by atoms with Crippen LogP contribution in [0, 0.1) is 0 Å². The Balaban J connectivity index is 1.82. The molecule has 0 aromatic heterocycles. The van der Waals surface area contributed by atoms with Gasteiger partial charge >= 0.3 is 0 Å². The minimum absolute atomic E-state index is 0.325. The Bertz CT molecular complexity index is 599. The van der Waals surface area contributed by atoms with Crippen LogP contribution in [0.4, 0.5) is 0 Å². The fourth-order valence-electron chi connectivity index (χ4n) is 2.86. The fourth-order valence-corrected chi connectivity index (χ4v) is 3.20. The number of benzene rings is 2. The first-order valence-corrected chi connectivity index (χ1v) is 8.26. The van der Waals surface area contributed by atoms with E-state index in [-0.39, 0.29) is 0 Å². The molecule has 2 nitrogen and oxygen atoms in total. The summed E-state index contributed by atoms with van der Waals surface area (Å²) in [6.07, 6.45) is 2.18. The number of rotatable bonds is 3. The highest BCUT2D eigenvalue weighted by Gasteiger charge is 2.21. The van der Waals surface area contributed by atoms with E-state index in [1.54, 1.807) is 0 Å². The lowest BCUT2D eigenvalue weighted by molar-refractivity contribution is 0.314. The first-order chi connectivity index (χ1) is 10.2. The van der Waals surface area contributed by atoms with Gasteiger partial charge in [-0.3, -0.25) is 0 Å². The minimum Gasteiger partial charge on any atom is -0.493 e. The zero-order valence-electron chi connectivity index (χ0n) is 12.2. The molecule has 0 aliphatic carbocycles. The maximum absolute atomic E-state index is 5.88. The lowest BCUT2D eigenvalue weighted by Crippen LogP contribution is -2.24. The van der Waals surface area contributed by atoms with Gasteiger partial charge in [-0.05, 0) is 37.5 Å². The Kier molecular flexibility index (Phi) is 4.61. The summed E-state index contributed by atoms with van der Waals surface area (Å²) < 4.78 is 6.94. The maximum Gasteiger partial charge on any atom is 0.125 e. The van der Waals surface area contributed by atoms with Gasteiger partial charge in [-0.25, -0.2) is 0 Å². The third kappa shape index (κ3) is 3.47. The molecule has 0 bridgehead atoms. The summed E-state index contributed by atoms with van der Waals surface area (Å²) in [5.74, 6) is 1.000. The van der Waals surface area contributed by atoms with Crippen LogP contribution in [0.25, 0.3) is 0 Å². The van der Waals surface area contributed by atoms with E-state index in [1.807, 2.05) is 0 Å². The molecule has 1 aliphatic heterocycles. The van der Waals surface area contributed by atoms with Crippen molar-refractivity contribution < 1.29 is 4.74 Å². The summed E-state index contributed by atoms with van der Waals surface area (Å²) in [4.78, 5) is 0. The number of hydrogen-bond donors (Lipinski definition) is 1. The van der Waals surface area contributed by atoms with E-state index >= 15 is 0 Å². The van der Waals surface area contributed by atoms with Gasteiger partial charge in [0, 0.05) is 22.1 Å². The predicted octanol–water partition coefficient (Wildman–Crippen LogP) is 5.01. The maximum atomic E-state index is 5.88. The summed E-state index contributed by atoms with van der Waals surface area (Å²) in [6.45, 7) is 3.01. The van der Waals surface area contributed by atoms with Gasteiger partial charge in [0.25, 0.3) is 0 Å². The SMILES string of the molecule is C[C@@H](NC1CCCOc2cc(Br)ccc21)c1ccccc1. The van der Waals surface area contributed by atoms with Gasteiger partial charge in [-0.2, -0.15) is 0 Å². The van der Waals surface area contributed by atoms with Gasteiger partial charge in [-0.15, -0.1) is 0 Å². The standard InChI is InChI=1S/C18H20BrNO/c1-13(14-6-3-2-4-7-14)20-17-8-5-11-21-18-12-15(19)9-10-16(17)18/h2-4,6-7,9-10,12-13,17,20H,5,8,11H2,1H3/t13-,17?/m1/s1. The molecule has 0 fully saturated rings. The Hall–Kier alpha value is -1.32. The van der Waals surface area contributed by atoms with E-state index in [9.17, 15) is 0 Å². The van der Waals surface area contributed by atoms with Crippen LogP contribution in [-0.2, 0) is 0 Å². The summed E-state index contributed by atoms with van der Waals surface area (Å²) >= 11 is 3.52. The number of halogens is 1. The van der Waals surface area contributed by atoms with Crippen molar-refractivity contribution in [1.82, 2.24) is 5.32 Å². The highest BCUT2D eigenvalue weighted by Crippen LogP contribution is 2.35. The quantitative estimate of drug-likeness (QED) is 0.843. The highest BCUT2D eigenvalue weighted by atomic mass is 79.9. The summed E-state index contributed by atoms with van der Waals surface area (Å²) in [7, 11) is 0. The molecule has 1 heterocycles. The molecule has 0 saturated heterocycles. The lowest BCUT2D eigenvalue weighted by atomic mass is 9.99.